The molecule has 3 aliphatic rings. The molecule has 1 N–H and O–H groups in total. The number of benzene rings is 1. The summed E-state index contributed by atoms with van der Waals surface area (Å²) in [7, 11) is 0. The maximum Gasteiger partial charge on any atom is 0.247 e. The van der Waals surface area contributed by atoms with Crippen LogP contribution in [0, 0.1) is 37.5 Å². The van der Waals surface area contributed by atoms with Gasteiger partial charge in [0, 0.05) is 5.69 Å². The van der Waals surface area contributed by atoms with Crippen molar-refractivity contribution in [2.24, 2.45) is 23.7 Å². The third-order valence-electron chi connectivity index (χ3n) is 6.23. The van der Waals surface area contributed by atoms with E-state index < -0.39 is 6.04 Å². The number of carbonyl (C=O) groups excluding carboxylic acids is 3. The van der Waals surface area contributed by atoms with Gasteiger partial charge in [-0.05, 0) is 49.7 Å². The van der Waals surface area contributed by atoms with Gasteiger partial charge in [-0.1, -0.05) is 37.3 Å². The largest absolute Gasteiger partial charge is 0.324 e. The Hall–Kier alpha value is -2.43. The van der Waals surface area contributed by atoms with Crippen molar-refractivity contribution in [3.63, 3.8) is 0 Å². The Balaban J connectivity index is 1.59. The van der Waals surface area contributed by atoms with E-state index in [2.05, 4.69) is 17.5 Å². The predicted molar refractivity (Wildman–Crippen MR) is 98.2 cm³/mol. The summed E-state index contributed by atoms with van der Waals surface area (Å²) in [5.74, 6) is -0.831. The number of hydrogen-bond donors (Lipinski definition) is 1. The second kappa shape index (κ2) is 6.08. The second-order valence-electron chi connectivity index (χ2n) is 7.73. The fourth-order valence-electron chi connectivity index (χ4n) is 4.94. The molecular formula is C21H24N2O3. The van der Waals surface area contributed by atoms with Crippen LogP contribution in [0.15, 0.2) is 30.4 Å². The Bertz CT molecular complexity index is 778. The molecule has 0 radical (unpaired) electrons. The minimum atomic E-state index is -0.751. The van der Waals surface area contributed by atoms with Gasteiger partial charge in [0.15, 0.2) is 0 Å². The average Bonchev–Trinajstić information content (AvgIpc) is 3.28. The lowest BCUT2D eigenvalue weighted by Crippen LogP contribution is -2.48. The number of nitrogens with zero attached hydrogens (tertiary/aromatic N) is 1. The van der Waals surface area contributed by atoms with E-state index in [4.69, 9.17) is 0 Å². The molecule has 5 unspecified atom stereocenters. The highest BCUT2D eigenvalue weighted by atomic mass is 16.2. The molecule has 1 aromatic rings. The van der Waals surface area contributed by atoms with Crippen LogP contribution in [0.25, 0.3) is 0 Å². The highest BCUT2D eigenvalue weighted by molar-refractivity contribution is 6.11. The molecule has 0 spiro atoms. The first-order chi connectivity index (χ1) is 12.4. The molecular weight excluding hydrogens is 328 g/mol. The summed E-state index contributed by atoms with van der Waals surface area (Å²) in [4.78, 5) is 40.1. The molecule has 2 bridgehead atoms. The van der Waals surface area contributed by atoms with E-state index in [9.17, 15) is 14.4 Å². The Morgan fingerprint density at radius 2 is 1.65 bits per heavy atom. The Labute approximate surface area is 153 Å². The topological polar surface area (TPSA) is 66.5 Å². The number of hydrogen-bond acceptors (Lipinski definition) is 3. The molecule has 2 fully saturated rings. The average molecular weight is 352 g/mol. The quantitative estimate of drug-likeness (QED) is 0.669. The zero-order chi connectivity index (χ0) is 18.6. The molecule has 1 saturated carbocycles. The SMILES string of the molecule is CCC(C(=O)Nc1c(C)cccc1C)N1C(=O)C2C3C=CC(C3)C2C1=O. The van der Waals surface area contributed by atoms with Crippen molar-refractivity contribution in [1.29, 1.82) is 0 Å². The summed E-state index contributed by atoms with van der Waals surface area (Å²) >= 11 is 0. The van der Waals surface area contributed by atoms with Crippen LogP contribution in [0.1, 0.15) is 30.9 Å². The number of allylic oxidation sites excluding steroid dienone is 2. The van der Waals surface area contributed by atoms with Crippen molar-refractivity contribution in [1.82, 2.24) is 4.90 Å². The molecule has 1 aliphatic heterocycles. The zero-order valence-electron chi connectivity index (χ0n) is 15.4. The first-order valence-corrected chi connectivity index (χ1v) is 9.36. The normalized spacial score (nSPS) is 30.0. The number of imide groups is 1. The first kappa shape index (κ1) is 17.0. The molecule has 5 heteroatoms. The van der Waals surface area contributed by atoms with Crippen LogP contribution in [0.5, 0.6) is 0 Å². The predicted octanol–water partition coefficient (Wildman–Crippen LogP) is 2.83. The molecule has 1 saturated heterocycles. The van der Waals surface area contributed by atoms with Gasteiger partial charge in [0.2, 0.25) is 17.7 Å². The van der Waals surface area contributed by atoms with Crippen molar-refractivity contribution in [3.8, 4) is 0 Å². The summed E-state index contributed by atoms with van der Waals surface area (Å²) in [6.07, 6.45) is 5.44. The van der Waals surface area contributed by atoms with E-state index in [-0.39, 0.29) is 41.4 Å². The van der Waals surface area contributed by atoms with Gasteiger partial charge in [0.1, 0.15) is 6.04 Å². The van der Waals surface area contributed by atoms with Gasteiger partial charge in [0.25, 0.3) is 0 Å². The van der Waals surface area contributed by atoms with E-state index in [0.29, 0.717) is 6.42 Å². The van der Waals surface area contributed by atoms with Crippen LogP contribution in [0.2, 0.25) is 0 Å². The smallest absolute Gasteiger partial charge is 0.247 e. The van der Waals surface area contributed by atoms with Gasteiger partial charge in [-0.15, -0.1) is 0 Å². The number of likely N-dealkylation sites (tertiary alicyclic amines) is 1. The third kappa shape index (κ3) is 2.33. The Morgan fingerprint density at radius 3 is 2.15 bits per heavy atom. The molecule has 136 valence electrons. The van der Waals surface area contributed by atoms with Gasteiger partial charge in [0.05, 0.1) is 11.8 Å². The van der Waals surface area contributed by atoms with E-state index in [0.717, 1.165) is 23.2 Å². The van der Waals surface area contributed by atoms with Crippen LogP contribution in [0.4, 0.5) is 5.69 Å². The summed E-state index contributed by atoms with van der Waals surface area (Å²) in [6.45, 7) is 5.71. The number of amides is 3. The lowest BCUT2D eigenvalue weighted by atomic mass is 9.85. The van der Waals surface area contributed by atoms with E-state index >= 15 is 0 Å². The standard InChI is InChI=1S/C21H24N2O3/c1-4-15(19(24)22-18-11(2)6-5-7-12(18)3)23-20(25)16-13-8-9-14(10-13)17(16)21(23)26/h5-9,13-17H,4,10H2,1-3H3,(H,22,24). The molecule has 5 nitrogen and oxygen atoms in total. The van der Waals surface area contributed by atoms with Crippen molar-refractivity contribution < 1.29 is 14.4 Å². The summed E-state index contributed by atoms with van der Waals surface area (Å²) < 4.78 is 0. The minimum absolute atomic E-state index is 0.158. The van der Waals surface area contributed by atoms with Crippen molar-refractivity contribution in [2.45, 2.75) is 39.7 Å². The summed E-state index contributed by atoms with van der Waals surface area (Å²) in [5, 5.41) is 2.95. The Morgan fingerprint density at radius 1 is 1.12 bits per heavy atom. The molecule has 1 heterocycles. The van der Waals surface area contributed by atoms with Gasteiger partial charge >= 0.3 is 0 Å². The number of aryl methyl sites for hydroxylation is 2. The van der Waals surface area contributed by atoms with Crippen molar-refractivity contribution >= 4 is 23.4 Å². The molecule has 26 heavy (non-hydrogen) atoms. The molecule has 4 rings (SSSR count). The van der Waals surface area contributed by atoms with Crippen LogP contribution >= 0.6 is 0 Å². The van der Waals surface area contributed by atoms with Crippen LogP contribution in [-0.4, -0.2) is 28.7 Å². The number of nitrogens with one attached hydrogen (secondary N) is 1. The maximum atomic E-state index is 13.0. The number of anilines is 1. The second-order valence-corrected chi connectivity index (χ2v) is 7.73. The van der Waals surface area contributed by atoms with Crippen LogP contribution in [-0.2, 0) is 14.4 Å². The van der Waals surface area contributed by atoms with E-state index in [1.807, 2.05) is 39.0 Å². The molecule has 5 atom stereocenters. The molecule has 2 aliphatic carbocycles. The highest BCUT2D eigenvalue weighted by Crippen LogP contribution is 2.53. The summed E-state index contributed by atoms with van der Waals surface area (Å²) in [5.41, 5.74) is 2.69. The minimum Gasteiger partial charge on any atom is -0.324 e. The van der Waals surface area contributed by atoms with E-state index in [1.165, 1.54) is 4.90 Å². The number of fused-ring (bicyclic) bond motifs is 5. The van der Waals surface area contributed by atoms with Crippen LogP contribution in [0.3, 0.4) is 0 Å². The molecule has 1 aromatic carbocycles. The van der Waals surface area contributed by atoms with Gasteiger partial charge in [-0.2, -0.15) is 0 Å². The van der Waals surface area contributed by atoms with Gasteiger partial charge in [-0.25, -0.2) is 0 Å². The van der Waals surface area contributed by atoms with Crippen molar-refractivity contribution in [3.05, 3.63) is 41.5 Å². The maximum absolute atomic E-state index is 13.0. The fourth-order valence-corrected chi connectivity index (χ4v) is 4.94. The van der Waals surface area contributed by atoms with Crippen molar-refractivity contribution in [2.75, 3.05) is 5.32 Å². The number of carbonyl (C=O) groups is 3. The lowest BCUT2D eigenvalue weighted by Gasteiger charge is -2.26. The zero-order valence-corrected chi connectivity index (χ0v) is 15.4. The van der Waals surface area contributed by atoms with Crippen LogP contribution < -0.4 is 5.32 Å². The van der Waals surface area contributed by atoms with Gasteiger partial charge in [-0.3, -0.25) is 19.3 Å². The Kier molecular flexibility index (Phi) is 3.98. The van der Waals surface area contributed by atoms with Gasteiger partial charge < -0.3 is 5.32 Å². The highest BCUT2D eigenvalue weighted by Gasteiger charge is 2.60. The summed E-state index contributed by atoms with van der Waals surface area (Å²) in [6, 6.07) is 5.06. The fraction of sp³-hybridized carbons (Fsp3) is 0.476. The number of rotatable bonds is 4. The molecule has 3 amide bonds. The first-order valence-electron chi connectivity index (χ1n) is 9.36. The monoisotopic (exact) mass is 352 g/mol. The third-order valence-corrected chi connectivity index (χ3v) is 6.23. The van der Waals surface area contributed by atoms with E-state index in [1.54, 1.807) is 0 Å². The lowest BCUT2D eigenvalue weighted by molar-refractivity contribution is -0.147. The number of para-hydroxylation sites is 1. The molecule has 0 aromatic heterocycles.